The first-order valence-electron chi connectivity index (χ1n) is 4.91. The van der Waals surface area contributed by atoms with Crippen LogP contribution in [0.5, 0.6) is 0 Å². The summed E-state index contributed by atoms with van der Waals surface area (Å²) in [6.45, 7) is 1.98. The number of hydrogen-bond acceptors (Lipinski definition) is 4. The summed E-state index contributed by atoms with van der Waals surface area (Å²) < 4.78 is 6.42. The van der Waals surface area contributed by atoms with E-state index in [9.17, 15) is 9.59 Å². The summed E-state index contributed by atoms with van der Waals surface area (Å²) in [6, 6.07) is 2.88. The summed E-state index contributed by atoms with van der Waals surface area (Å²) in [5, 5.41) is 8.69. The lowest BCUT2D eigenvalue weighted by Gasteiger charge is -2.02. The van der Waals surface area contributed by atoms with E-state index in [2.05, 4.69) is 4.98 Å². The van der Waals surface area contributed by atoms with Gasteiger partial charge >= 0.3 is 11.7 Å². The number of aryl methyl sites for hydroxylation is 1. The molecule has 2 rings (SSSR count). The Bertz CT molecular complexity index is 612. The molecule has 0 radical (unpaired) electrons. The first-order chi connectivity index (χ1) is 8.06. The van der Waals surface area contributed by atoms with Crippen molar-refractivity contribution in [1.82, 2.24) is 9.55 Å². The van der Waals surface area contributed by atoms with Gasteiger partial charge < -0.3 is 9.52 Å². The largest absolute Gasteiger partial charge is 0.475 e. The number of furan rings is 1. The summed E-state index contributed by atoms with van der Waals surface area (Å²) in [7, 11) is 0. The van der Waals surface area contributed by atoms with Crippen molar-refractivity contribution in [3.63, 3.8) is 0 Å². The van der Waals surface area contributed by atoms with Crippen LogP contribution in [0.3, 0.4) is 0 Å². The van der Waals surface area contributed by atoms with Crippen molar-refractivity contribution in [2.75, 3.05) is 0 Å². The highest BCUT2D eigenvalue weighted by molar-refractivity contribution is 5.84. The van der Waals surface area contributed by atoms with E-state index in [1.807, 2.05) is 6.92 Å². The Hall–Kier alpha value is -2.37. The van der Waals surface area contributed by atoms with Crippen LogP contribution in [-0.2, 0) is 6.54 Å². The first-order valence-corrected chi connectivity index (χ1v) is 4.91. The topological polar surface area (TPSA) is 85.3 Å². The van der Waals surface area contributed by atoms with Gasteiger partial charge in [-0.2, -0.15) is 0 Å². The summed E-state index contributed by atoms with van der Waals surface area (Å²) in [6.07, 6.45) is 3.11. The molecule has 2 heterocycles. The van der Waals surface area contributed by atoms with Crippen LogP contribution in [0.1, 0.15) is 21.9 Å². The Morgan fingerprint density at radius 2 is 2.29 bits per heavy atom. The Balaban J connectivity index is 2.28. The number of carboxylic acid groups (broad SMARTS) is 1. The van der Waals surface area contributed by atoms with E-state index < -0.39 is 11.7 Å². The van der Waals surface area contributed by atoms with Crippen LogP contribution in [0, 0.1) is 6.92 Å². The molecule has 6 heteroatoms. The number of rotatable bonds is 3. The van der Waals surface area contributed by atoms with E-state index >= 15 is 0 Å². The molecule has 0 amide bonds. The number of aromatic carboxylic acids is 1. The minimum atomic E-state index is -1.13. The number of carboxylic acids is 1. The van der Waals surface area contributed by atoms with Gasteiger partial charge in [0.25, 0.3) is 0 Å². The molecular weight excluding hydrogens is 224 g/mol. The molecule has 0 fully saturated rings. The van der Waals surface area contributed by atoms with Gasteiger partial charge in [-0.25, -0.2) is 14.6 Å². The highest BCUT2D eigenvalue weighted by atomic mass is 16.4. The molecule has 2 aromatic rings. The zero-order chi connectivity index (χ0) is 12.4. The van der Waals surface area contributed by atoms with Crippen molar-refractivity contribution in [3.8, 4) is 0 Å². The molecule has 6 nitrogen and oxygen atoms in total. The molecule has 0 aliphatic heterocycles. The van der Waals surface area contributed by atoms with Gasteiger partial charge in [0, 0.05) is 12.4 Å². The second kappa shape index (κ2) is 4.25. The second-order valence-corrected chi connectivity index (χ2v) is 3.61. The predicted molar refractivity (Wildman–Crippen MR) is 58.0 cm³/mol. The van der Waals surface area contributed by atoms with Crippen molar-refractivity contribution >= 4 is 5.97 Å². The molecule has 0 saturated heterocycles. The zero-order valence-electron chi connectivity index (χ0n) is 9.08. The predicted octanol–water partition coefficient (Wildman–Crippen LogP) is 0.891. The molecule has 88 valence electrons. The molecule has 1 N–H and O–H groups in total. The third-order valence-corrected chi connectivity index (χ3v) is 2.18. The van der Waals surface area contributed by atoms with Gasteiger partial charge in [-0.1, -0.05) is 0 Å². The van der Waals surface area contributed by atoms with Crippen molar-refractivity contribution in [2.45, 2.75) is 13.5 Å². The molecule has 0 aliphatic carbocycles. The van der Waals surface area contributed by atoms with E-state index in [-0.39, 0.29) is 12.3 Å². The lowest BCUT2D eigenvalue weighted by molar-refractivity contribution is 0.0660. The van der Waals surface area contributed by atoms with Crippen LogP contribution in [0.2, 0.25) is 0 Å². The Morgan fingerprint density at radius 1 is 1.53 bits per heavy atom. The molecule has 2 aromatic heterocycles. The molecule has 0 spiro atoms. The van der Waals surface area contributed by atoms with Gasteiger partial charge in [-0.3, -0.25) is 4.57 Å². The van der Waals surface area contributed by atoms with Crippen molar-refractivity contribution in [2.24, 2.45) is 0 Å². The number of carbonyl (C=O) groups is 1. The normalized spacial score (nSPS) is 10.4. The van der Waals surface area contributed by atoms with Gasteiger partial charge in [0.05, 0.1) is 6.54 Å². The van der Waals surface area contributed by atoms with Crippen LogP contribution in [0.15, 0.2) is 33.7 Å². The standard InChI is InChI=1S/C11H10N2O4/c1-7-4-12-11(16)13(5-7)6-8-2-3-9(17-8)10(14)15/h2-5H,6H2,1H3,(H,14,15). The first kappa shape index (κ1) is 11.1. The average Bonchev–Trinajstić information content (AvgIpc) is 2.72. The Labute approximate surface area is 96.1 Å². The fourth-order valence-electron chi connectivity index (χ4n) is 1.42. The smallest absolute Gasteiger partial charge is 0.371 e. The van der Waals surface area contributed by atoms with Crippen molar-refractivity contribution in [3.05, 3.63) is 52.1 Å². The average molecular weight is 234 g/mol. The highest BCUT2D eigenvalue weighted by Gasteiger charge is 2.09. The molecule has 0 unspecified atom stereocenters. The van der Waals surface area contributed by atoms with Crippen LogP contribution in [0.25, 0.3) is 0 Å². The van der Waals surface area contributed by atoms with Crippen LogP contribution in [-0.4, -0.2) is 20.6 Å². The highest BCUT2D eigenvalue weighted by Crippen LogP contribution is 2.08. The zero-order valence-corrected chi connectivity index (χ0v) is 9.08. The minimum absolute atomic E-state index is 0.145. The molecule has 0 atom stereocenters. The van der Waals surface area contributed by atoms with Crippen LogP contribution in [0.4, 0.5) is 0 Å². The summed E-state index contributed by atoms with van der Waals surface area (Å²) in [5.74, 6) is -0.878. The van der Waals surface area contributed by atoms with E-state index in [4.69, 9.17) is 9.52 Å². The number of nitrogens with zero attached hydrogens (tertiary/aromatic N) is 2. The minimum Gasteiger partial charge on any atom is -0.475 e. The maximum absolute atomic E-state index is 11.4. The van der Waals surface area contributed by atoms with Crippen molar-refractivity contribution < 1.29 is 14.3 Å². The van der Waals surface area contributed by atoms with E-state index in [1.54, 1.807) is 6.20 Å². The SMILES string of the molecule is Cc1cnc(=O)n(Cc2ccc(C(=O)O)o2)c1. The summed E-state index contributed by atoms with van der Waals surface area (Å²) in [5.41, 5.74) is 0.443. The van der Waals surface area contributed by atoms with Gasteiger partial charge in [0.15, 0.2) is 0 Å². The fourth-order valence-corrected chi connectivity index (χ4v) is 1.42. The molecule has 0 saturated carbocycles. The maximum atomic E-state index is 11.4. The fraction of sp³-hybridized carbons (Fsp3) is 0.182. The van der Waals surface area contributed by atoms with Crippen molar-refractivity contribution in [1.29, 1.82) is 0 Å². The lowest BCUT2D eigenvalue weighted by Crippen LogP contribution is -2.22. The third kappa shape index (κ3) is 2.41. The second-order valence-electron chi connectivity index (χ2n) is 3.61. The van der Waals surface area contributed by atoms with E-state index in [1.165, 1.54) is 22.9 Å². The van der Waals surface area contributed by atoms with Gasteiger partial charge in [0.2, 0.25) is 5.76 Å². The lowest BCUT2D eigenvalue weighted by atomic mass is 10.4. The summed E-state index contributed by atoms with van der Waals surface area (Å²) >= 11 is 0. The van der Waals surface area contributed by atoms with Crippen LogP contribution < -0.4 is 5.69 Å². The Kier molecular flexibility index (Phi) is 2.78. The van der Waals surface area contributed by atoms with Gasteiger partial charge in [-0.15, -0.1) is 0 Å². The molecule has 17 heavy (non-hydrogen) atoms. The monoisotopic (exact) mass is 234 g/mol. The van der Waals surface area contributed by atoms with E-state index in [0.717, 1.165) is 5.56 Å². The third-order valence-electron chi connectivity index (χ3n) is 2.18. The Morgan fingerprint density at radius 3 is 2.94 bits per heavy atom. The number of aromatic nitrogens is 2. The number of hydrogen-bond donors (Lipinski definition) is 1. The van der Waals surface area contributed by atoms with Crippen LogP contribution >= 0.6 is 0 Å². The molecule has 0 aliphatic rings. The molecule has 0 aromatic carbocycles. The molecular formula is C11H10N2O4. The maximum Gasteiger partial charge on any atom is 0.371 e. The van der Waals surface area contributed by atoms with E-state index in [0.29, 0.717) is 5.76 Å². The van der Waals surface area contributed by atoms with Gasteiger partial charge in [-0.05, 0) is 24.6 Å². The van der Waals surface area contributed by atoms with Gasteiger partial charge in [0.1, 0.15) is 5.76 Å². The summed E-state index contributed by atoms with van der Waals surface area (Å²) in [4.78, 5) is 25.7. The quantitative estimate of drug-likeness (QED) is 0.852. The molecule has 0 bridgehead atoms.